The van der Waals surface area contributed by atoms with Crippen molar-refractivity contribution in [3.05, 3.63) is 16.1 Å². The van der Waals surface area contributed by atoms with E-state index in [0.29, 0.717) is 23.9 Å². The average Bonchev–Trinajstić information content (AvgIpc) is 3.35. The Balaban J connectivity index is 1.51. The number of hydrogen-bond acceptors (Lipinski definition) is 4. The van der Waals surface area contributed by atoms with Crippen LogP contribution in [0.4, 0.5) is 13.2 Å². The van der Waals surface area contributed by atoms with Gasteiger partial charge in [0.1, 0.15) is 0 Å². The van der Waals surface area contributed by atoms with Crippen LogP contribution in [-0.2, 0) is 12.6 Å². The second-order valence-electron chi connectivity index (χ2n) is 7.22. The molecular weight excluding hydrogens is 375 g/mol. The van der Waals surface area contributed by atoms with Crippen molar-refractivity contribution in [3.8, 4) is 0 Å². The predicted molar refractivity (Wildman–Crippen MR) is 102 cm³/mol. The van der Waals surface area contributed by atoms with E-state index in [1.165, 1.54) is 32.4 Å². The maximum atomic E-state index is 12.6. The number of nitrogens with zero attached hydrogens (tertiary/aromatic N) is 4. The van der Waals surface area contributed by atoms with E-state index in [2.05, 4.69) is 25.1 Å². The van der Waals surface area contributed by atoms with Gasteiger partial charge in [-0.3, -0.25) is 4.99 Å². The standard InChI is InChI=1S/C18H28F3N5S/c1-2-22-17(23-7-5-16-24-15(13-27-16)18(19,20)21)26-10-6-14(12-26)11-25-8-3-4-9-25/h13-14H,2-12H2,1H3,(H,22,23). The largest absolute Gasteiger partial charge is 0.434 e. The Morgan fingerprint density at radius 3 is 2.78 bits per heavy atom. The number of halogens is 3. The lowest BCUT2D eigenvalue weighted by Crippen LogP contribution is -2.41. The van der Waals surface area contributed by atoms with Crippen LogP contribution >= 0.6 is 11.3 Å². The van der Waals surface area contributed by atoms with Gasteiger partial charge in [-0.2, -0.15) is 13.2 Å². The minimum absolute atomic E-state index is 0.431. The Kier molecular flexibility index (Phi) is 6.97. The number of nitrogens with one attached hydrogen (secondary N) is 1. The van der Waals surface area contributed by atoms with Crippen LogP contribution in [0.1, 0.15) is 36.9 Å². The lowest BCUT2D eigenvalue weighted by Gasteiger charge is -2.23. The van der Waals surface area contributed by atoms with E-state index >= 15 is 0 Å². The zero-order valence-corrected chi connectivity index (χ0v) is 16.6. The van der Waals surface area contributed by atoms with E-state index in [0.717, 1.165) is 48.9 Å². The first-order chi connectivity index (χ1) is 13.0. The lowest BCUT2D eigenvalue weighted by atomic mass is 10.1. The van der Waals surface area contributed by atoms with Crippen molar-refractivity contribution in [1.82, 2.24) is 20.1 Å². The molecule has 5 nitrogen and oxygen atoms in total. The van der Waals surface area contributed by atoms with Gasteiger partial charge in [-0.05, 0) is 45.2 Å². The summed E-state index contributed by atoms with van der Waals surface area (Å²) < 4.78 is 37.9. The van der Waals surface area contributed by atoms with Crippen molar-refractivity contribution >= 4 is 17.3 Å². The van der Waals surface area contributed by atoms with Crippen molar-refractivity contribution in [1.29, 1.82) is 0 Å². The van der Waals surface area contributed by atoms with Crippen LogP contribution in [0.25, 0.3) is 0 Å². The Hall–Kier alpha value is -1.35. The summed E-state index contributed by atoms with van der Waals surface area (Å²) in [7, 11) is 0. The number of thiazole rings is 1. The summed E-state index contributed by atoms with van der Waals surface area (Å²) in [5, 5.41) is 4.88. The molecule has 1 aromatic rings. The van der Waals surface area contributed by atoms with Gasteiger partial charge in [0.25, 0.3) is 0 Å². The fourth-order valence-corrected chi connectivity index (χ4v) is 4.54. The Bertz CT molecular complexity index is 625. The molecule has 0 bridgehead atoms. The highest BCUT2D eigenvalue weighted by Crippen LogP contribution is 2.30. The van der Waals surface area contributed by atoms with E-state index in [9.17, 15) is 13.2 Å². The van der Waals surface area contributed by atoms with Gasteiger partial charge >= 0.3 is 6.18 Å². The maximum absolute atomic E-state index is 12.6. The summed E-state index contributed by atoms with van der Waals surface area (Å²) in [6, 6.07) is 0. The second-order valence-corrected chi connectivity index (χ2v) is 8.16. The molecule has 2 fully saturated rings. The van der Waals surface area contributed by atoms with Crippen molar-refractivity contribution in [2.45, 2.75) is 38.8 Å². The van der Waals surface area contributed by atoms with Crippen LogP contribution in [0.2, 0.25) is 0 Å². The second kappa shape index (κ2) is 9.23. The molecule has 2 aliphatic rings. The number of likely N-dealkylation sites (tertiary alicyclic amines) is 2. The molecule has 27 heavy (non-hydrogen) atoms. The van der Waals surface area contributed by atoms with Crippen molar-refractivity contribution in [3.63, 3.8) is 0 Å². The first-order valence-corrected chi connectivity index (χ1v) is 10.6. The minimum Gasteiger partial charge on any atom is -0.357 e. The topological polar surface area (TPSA) is 43.8 Å². The highest BCUT2D eigenvalue weighted by atomic mass is 32.1. The maximum Gasteiger partial charge on any atom is 0.434 e. The van der Waals surface area contributed by atoms with Crippen molar-refractivity contribution < 1.29 is 13.2 Å². The van der Waals surface area contributed by atoms with Crippen molar-refractivity contribution in [2.75, 3.05) is 45.8 Å². The molecule has 0 aliphatic carbocycles. The molecule has 1 N–H and O–H groups in total. The molecule has 0 amide bonds. The van der Waals surface area contributed by atoms with E-state index in [1.54, 1.807) is 0 Å². The molecule has 2 aliphatic heterocycles. The normalized spacial score (nSPS) is 22.0. The average molecular weight is 404 g/mol. The third kappa shape index (κ3) is 5.81. The molecule has 1 aromatic heterocycles. The van der Waals surface area contributed by atoms with Crippen molar-refractivity contribution in [2.24, 2.45) is 10.9 Å². The number of alkyl halides is 3. The SMILES string of the molecule is CCNC(=NCCc1nc(C(F)(F)F)cs1)N1CCC(CN2CCCC2)C1. The molecule has 9 heteroatoms. The smallest absolute Gasteiger partial charge is 0.357 e. The summed E-state index contributed by atoms with van der Waals surface area (Å²) in [6.07, 6.45) is -0.142. The molecule has 2 saturated heterocycles. The molecule has 0 aromatic carbocycles. The third-order valence-electron chi connectivity index (χ3n) is 5.06. The van der Waals surface area contributed by atoms with Crippen LogP contribution in [0.15, 0.2) is 10.4 Å². The predicted octanol–water partition coefficient (Wildman–Crippen LogP) is 3.09. The summed E-state index contributed by atoms with van der Waals surface area (Å²) in [5.74, 6) is 1.54. The van der Waals surface area contributed by atoms with Gasteiger partial charge in [0.15, 0.2) is 11.7 Å². The minimum atomic E-state index is -4.37. The van der Waals surface area contributed by atoms with Gasteiger partial charge in [0.05, 0.1) is 5.01 Å². The van der Waals surface area contributed by atoms with E-state index < -0.39 is 11.9 Å². The molecule has 152 valence electrons. The van der Waals surface area contributed by atoms with Gasteiger partial charge in [-0.25, -0.2) is 4.98 Å². The highest BCUT2D eigenvalue weighted by molar-refractivity contribution is 7.09. The molecule has 0 saturated carbocycles. The number of hydrogen-bond donors (Lipinski definition) is 1. The van der Waals surface area contributed by atoms with Gasteiger partial charge in [-0.1, -0.05) is 0 Å². The monoisotopic (exact) mass is 403 g/mol. The van der Waals surface area contributed by atoms with Gasteiger partial charge in [0, 0.05) is 44.5 Å². The van der Waals surface area contributed by atoms with Crippen LogP contribution in [0.3, 0.4) is 0 Å². The van der Waals surface area contributed by atoms with Gasteiger partial charge < -0.3 is 15.1 Å². The fourth-order valence-electron chi connectivity index (χ4n) is 3.74. The molecule has 1 atom stereocenters. The molecular formula is C18H28F3N5S. The third-order valence-corrected chi connectivity index (χ3v) is 5.97. The molecule has 3 heterocycles. The number of guanidine groups is 1. The van der Waals surface area contributed by atoms with E-state index in [-0.39, 0.29) is 0 Å². The Morgan fingerprint density at radius 2 is 2.11 bits per heavy atom. The van der Waals surface area contributed by atoms with E-state index in [1.807, 2.05) is 6.92 Å². The molecule has 0 spiro atoms. The van der Waals surface area contributed by atoms with Crippen LogP contribution < -0.4 is 5.32 Å². The summed E-state index contributed by atoms with van der Waals surface area (Å²) in [6.45, 7) is 8.84. The molecule has 3 rings (SSSR count). The van der Waals surface area contributed by atoms with Crippen LogP contribution in [-0.4, -0.2) is 66.6 Å². The molecule has 1 unspecified atom stereocenters. The lowest BCUT2D eigenvalue weighted by molar-refractivity contribution is -0.140. The fraction of sp³-hybridized carbons (Fsp3) is 0.778. The summed E-state index contributed by atoms with van der Waals surface area (Å²) >= 11 is 1.05. The zero-order chi connectivity index (χ0) is 19.3. The quantitative estimate of drug-likeness (QED) is 0.586. The zero-order valence-electron chi connectivity index (χ0n) is 15.8. The van der Waals surface area contributed by atoms with E-state index in [4.69, 9.17) is 0 Å². The van der Waals surface area contributed by atoms with Crippen LogP contribution in [0.5, 0.6) is 0 Å². The first kappa shape index (κ1) is 20.4. The highest BCUT2D eigenvalue weighted by Gasteiger charge is 2.33. The van der Waals surface area contributed by atoms with Gasteiger partial charge in [-0.15, -0.1) is 11.3 Å². The molecule has 0 radical (unpaired) electrons. The Labute approximate surface area is 162 Å². The van der Waals surface area contributed by atoms with Gasteiger partial charge in [0.2, 0.25) is 0 Å². The summed E-state index contributed by atoms with van der Waals surface area (Å²) in [5.41, 5.74) is -0.803. The Morgan fingerprint density at radius 1 is 1.33 bits per heavy atom. The first-order valence-electron chi connectivity index (χ1n) is 9.73. The van der Waals surface area contributed by atoms with Crippen LogP contribution in [0, 0.1) is 5.92 Å². The number of aliphatic imine (C=N–C) groups is 1. The summed E-state index contributed by atoms with van der Waals surface area (Å²) in [4.78, 5) is 13.1. The number of aromatic nitrogens is 1. The number of rotatable bonds is 6.